The lowest BCUT2D eigenvalue weighted by Crippen LogP contribution is -2.60. The fourth-order valence-electron chi connectivity index (χ4n) is 2.58. The molecule has 2 heterocycles. The van der Waals surface area contributed by atoms with Gasteiger partial charge in [0.15, 0.2) is 0 Å². The van der Waals surface area contributed by atoms with Crippen LogP contribution in [0.4, 0.5) is 0 Å². The molecule has 1 atom stereocenters. The third-order valence-electron chi connectivity index (χ3n) is 3.74. The second kappa shape index (κ2) is 5.00. The zero-order chi connectivity index (χ0) is 11.6. The van der Waals surface area contributed by atoms with Gasteiger partial charge >= 0.3 is 0 Å². The molecule has 1 N–H and O–H groups in total. The highest BCUT2D eigenvalue weighted by Gasteiger charge is 2.32. The minimum atomic E-state index is 0.262. The molecule has 2 aliphatic heterocycles. The predicted octanol–water partition coefficient (Wildman–Crippen LogP) is 0.000800. The maximum Gasteiger partial charge on any atom is 0.0829 e. The van der Waals surface area contributed by atoms with Crippen LogP contribution in [0.3, 0.4) is 0 Å². The molecule has 94 valence electrons. The third-order valence-corrected chi connectivity index (χ3v) is 3.74. The Hall–Kier alpha value is -0.160. The largest absolute Gasteiger partial charge is 0.374 e. The number of nitrogens with zero attached hydrogens (tertiary/aromatic N) is 2. The van der Waals surface area contributed by atoms with E-state index < -0.39 is 0 Å². The standard InChI is InChI=1S/C12H25N3O/c1-12(2)10-13-4-5-15(12)9-11-8-14(3)6-7-16-11/h11,13H,4-10H2,1-3H3. The lowest BCUT2D eigenvalue weighted by Gasteiger charge is -2.45. The Morgan fingerprint density at radius 3 is 2.88 bits per heavy atom. The predicted molar refractivity (Wildman–Crippen MR) is 65.8 cm³/mol. The number of likely N-dealkylation sites (N-methyl/N-ethyl adjacent to an activating group) is 1. The summed E-state index contributed by atoms with van der Waals surface area (Å²) in [6.07, 6.45) is 0.385. The maximum atomic E-state index is 5.84. The quantitative estimate of drug-likeness (QED) is 0.719. The Morgan fingerprint density at radius 1 is 1.38 bits per heavy atom. The van der Waals surface area contributed by atoms with Crippen molar-refractivity contribution in [2.45, 2.75) is 25.5 Å². The molecule has 0 aromatic carbocycles. The Labute approximate surface area is 98.9 Å². The van der Waals surface area contributed by atoms with Crippen molar-refractivity contribution >= 4 is 0 Å². The number of hydrogen-bond donors (Lipinski definition) is 1. The molecule has 1 unspecified atom stereocenters. The van der Waals surface area contributed by atoms with Crippen molar-refractivity contribution in [3.8, 4) is 0 Å². The van der Waals surface area contributed by atoms with E-state index in [1.54, 1.807) is 0 Å². The van der Waals surface area contributed by atoms with Crippen LogP contribution in [0.2, 0.25) is 0 Å². The van der Waals surface area contributed by atoms with Crippen LogP contribution in [0.15, 0.2) is 0 Å². The van der Waals surface area contributed by atoms with Crippen LogP contribution in [0.5, 0.6) is 0 Å². The van der Waals surface area contributed by atoms with Crippen molar-refractivity contribution in [2.75, 3.05) is 52.9 Å². The molecule has 0 spiro atoms. The average Bonchev–Trinajstić information content (AvgIpc) is 2.21. The first-order valence-electron chi connectivity index (χ1n) is 6.34. The van der Waals surface area contributed by atoms with Crippen molar-refractivity contribution in [3.05, 3.63) is 0 Å². The van der Waals surface area contributed by atoms with Gasteiger partial charge in [0.05, 0.1) is 12.7 Å². The molecule has 0 radical (unpaired) electrons. The fourth-order valence-corrected chi connectivity index (χ4v) is 2.58. The van der Waals surface area contributed by atoms with E-state index in [1.165, 1.54) is 0 Å². The number of nitrogens with one attached hydrogen (secondary N) is 1. The molecule has 4 heteroatoms. The summed E-state index contributed by atoms with van der Waals surface area (Å²) >= 11 is 0. The summed E-state index contributed by atoms with van der Waals surface area (Å²) in [6.45, 7) is 12.0. The van der Waals surface area contributed by atoms with E-state index >= 15 is 0 Å². The Bertz CT molecular complexity index is 232. The summed E-state index contributed by atoms with van der Waals surface area (Å²) in [6, 6.07) is 0. The zero-order valence-corrected chi connectivity index (χ0v) is 10.8. The van der Waals surface area contributed by atoms with Crippen molar-refractivity contribution in [2.24, 2.45) is 0 Å². The highest BCUT2D eigenvalue weighted by molar-refractivity contribution is 4.90. The lowest BCUT2D eigenvalue weighted by atomic mass is 9.99. The molecule has 0 amide bonds. The molecule has 16 heavy (non-hydrogen) atoms. The van der Waals surface area contributed by atoms with Crippen molar-refractivity contribution < 1.29 is 4.74 Å². The lowest BCUT2D eigenvalue weighted by molar-refractivity contribution is -0.0539. The number of piperazine rings is 1. The van der Waals surface area contributed by atoms with E-state index in [2.05, 4.69) is 36.0 Å². The Kier molecular flexibility index (Phi) is 3.85. The monoisotopic (exact) mass is 227 g/mol. The second-order valence-corrected chi connectivity index (χ2v) is 5.69. The Balaban J connectivity index is 1.87. The van der Waals surface area contributed by atoms with Gasteiger partial charge in [-0.3, -0.25) is 4.90 Å². The molecule has 0 aliphatic carbocycles. The minimum Gasteiger partial charge on any atom is -0.374 e. The van der Waals surface area contributed by atoms with E-state index in [0.717, 1.165) is 45.9 Å². The van der Waals surface area contributed by atoms with Crippen LogP contribution in [0.25, 0.3) is 0 Å². The minimum absolute atomic E-state index is 0.262. The highest BCUT2D eigenvalue weighted by atomic mass is 16.5. The highest BCUT2D eigenvalue weighted by Crippen LogP contribution is 2.18. The van der Waals surface area contributed by atoms with Gasteiger partial charge in [0.25, 0.3) is 0 Å². The van der Waals surface area contributed by atoms with E-state index in [4.69, 9.17) is 4.74 Å². The zero-order valence-electron chi connectivity index (χ0n) is 10.8. The van der Waals surface area contributed by atoms with E-state index in [9.17, 15) is 0 Å². The number of ether oxygens (including phenoxy) is 1. The molecule has 2 rings (SSSR count). The van der Waals surface area contributed by atoms with Gasteiger partial charge in [-0.15, -0.1) is 0 Å². The average molecular weight is 227 g/mol. The number of hydrogen-bond acceptors (Lipinski definition) is 4. The van der Waals surface area contributed by atoms with Crippen LogP contribution < -0.4 is 5.32 Å². The maximum absolute atomic E-state index is 5.84. The van der Waals surface area contributed by atoms with Crippen molar-refractivity contribution in [1.82, 2.24) is 15.1 Å². The van der Waals surface area contributed by atoms with Crippen LogP contribution in [-0.4, -0.2) is 74.4 Å². The van der Waals surface area contributed by atoms with Gasteiger partial charge in [-0.05, 0) is 20.9 Å². The molecule has 4 nitrogen and oxygen atoms in total. The first-order valence-corrected chi connectivity index (χ1v) is 6.34. The van der Waals surface area contributed by atoms with Gasteiger partial charge in [-0.2, -0.15) is 0 Å². The summed E-state index contributed by atoms with van der Waals surface area (Å²) in [4.78, 5) is 4.93. The number of morpholine rings is 1. The fraction of sp³-hybridized carbons (Fsp3) is 1.00. The van der Waals surface area contributed by atoms with Crippen molar-refractivity contribution in [3.63, 3.8) is 0 Å². The van der Waals surface area contributed by atoms with Crippen LogP contribution >= 0.6 is 0 Å². The molecule has 0 aromatic heterocycles. The summed E-state index contributed by atoms with van der Waals surface area (Å²) in [7, 11) is 2.18. The van der Waals surface area contributed by atoms with E-state index in [1.807, 2.05) is 0 Å². The molecule has 2 fully saturated rings. The molecular weight excluding hydrogens is 202 g/mol. The van der Waals surface area contributed by atoms with Gasteiger partial charge in [0.2, 0.25) is 0 Å². The molecule has 2 aliphatic rings. The number of rotatable bonds is 2. The van der Waals surface area contributed by atoms with Crippen LogP contribution in [0, 0.1) is 0 Å². The molecule has 0 saturated carbocycles. The van der Waals surface area contributed by atoms with Crippen LogP contribution in [0.1, 0.15) is 13.8 Å². The third kappa shape index (κ3) is 2.94. The van der Waals surface area contributed by atoms with E-state index in [0.29, 0.717) is 6.10 Å². The summed E-state index contributed by atoms with van der Waals surface area (Å²) in [5.41, 5.74) is 0.262. The summed E-state index contributed by atoms with van der Waals surface area (Å²) in [5.74, 6) is 0. The summed E-state index contributed by atoms with van der Waals surface area (Å²) in [5, 5.41) is 3.46. The van der Waals surface area contributed by atoms with E-state index in [-0.39, 0.29) is 5.54 Å². The first kappa shape index (κ1) is 12.3. The Morgan fingerprint density at radius 2 is 2.19 bits per heavy atom. The van der Waals surface area contributed by atoms with Gasteiger partial charge in [-0.1, -0.05) is 0 Å². The molecule has 2 saturated heterocycles. The van der Waals surface area contributed by atoms with Crippen LogP contribution in [-0.2, 0) is 4.74 Å². The summed E-state index contributed by atoms with van der Waals surface area (Å²) < 4.78 is 5.84. The molecular formula is C12H25N3O. The topological polar surface area (TPSA) is 27.7 Å². The van der Waals surface area contributed by atoms with Crippen molar-refractivity contribution in [1.29, 1.82) is 0 Å². The van der Waals surface area contributed by atoms with Gasteiger partial charge < -0.3 is 15.0 Å². The SMILES string of the molecule is CN1CCOC(CN2CCNCC2(C)C)C1. The van der Waals surface area contributed by atoms with Gasteiger partial charge in [0, 0.05) is 44.8 Å². The second-order valence-electron chi connectivity index (χ2n) is 5.69. The van der Waals surface area contributed by atoms with Gasteiger partial charge in [-0.25, -0.2) is 0 Å². The molecule has 0 aromatic rings. The molecule has 0 bridgehead atoms. The van der Waals surface area contributed by atoms with Gasteiger partial charge in [0.1, 0.15) is 0 Å². The smallest absolute Gasteiger partial charge is 0.0829 e. The first-order chi connectivity index (χ1) is 7.58. The normalized spacial score (nSPS) is 32.8.